The van der Waals surface area contributed by atoms with Gasteiger partial charge in [-0.15, -0.1) is 0 Å². The highest BCUT2D eigenvalue weighted by Crippen LogP contribution is 2.43. The second kappa shape index (κ2) is 9.78. The van der Waals surface area contributed by atoms with E-state index in [1.54, 1.807) is 7.11 Å². The first-order chi connectivity index (χ1) is 20.8. The number of carbonyl (C=O) groups excluding carboxylic acids is 2. The van der Waals surface area contributed by atoms with Crippen LogP contribution < -0.4 is 15.8 Å². The van der Waals surface area contributed by atoms with Gasteiger partial charge in [-0.2, -0.15) is 0 Å². The van der Waals surface area contributed by atoms with Gasteiger partial charge < -0.3 is 30.0 Å². The summed E-state index contributed by atoms with van der Waals surface area (Å²) >= 11 is 0. The minimum absolute atomic E-state index is 0.00476. The number of imidazole rings is 1. The molecule has 11 heteroatoms. The molecular formula is C32H37N7O4. The summed E-state index contributed by atoms with van der Waals surface area (Å²) in [5, 5.41) is 4.02. The van der Waals surface area contributed by atoms with Crippen molar-refractivity contribution in [2.45, 2.75) is 70.2 Å². The van der Waals surface area contributed by atoms with E-state index in [1.165, 1.54) is 0 Å². The molecule has 7 heterocycles. The lowest BCUT2D eigenvalue weighted by atomic mass is 9.97. The number of hydrogen-bond acceptors (Lipinski definition) is 7. The van der Waals surface area contributed by atoms with Crippen LogP contribution in [0.5, 0.6) is 5.88 Å². The molecule has 1 saturated carbocycles. The highest BCUT2D eigenvalue weighted by molar-refractivity contribution is 5.97. The number of hydrogen-bond donors (Lipinski definition) is 2. The molecule has 3 N–H and O–H groups in total. The number of aryl methyl sites for hydroxylation is 1. The number of nitrogens with zero attached hydrogens (tertiary/aromatic N) is 5. The lowest BCUT2D eigenvalue weighted by Crippen LogP contribution is -2.40. The van der Waals surface area contributed by atoms with Gasteiger partial charge in [0.15, 0.2) is 5.88 Å². The maximum Gasteiger partial charge on any atom is 0.254 e. The zero-order valence-electron chi connectivity index (χ0n) is 24.7. The molecule has 11 nitrogen and oxygen atoms in total. The van der Waals surface area contributed by atoms with E-state index in [0.29, 0.717) is 35.5 Å². The van der Waals surface area contributed by atoms with E-state index in [9.17, 15) is 9.59 Å². The second-order valence-corrected chi connectivity index (χ2v) is 12.8. The molecule has 0 spiro atoms. The highest BCUT2D eigenvalue weighted by Gasteiger charge is 2.47. The molecular weight excluding hydrogens is 546 g/mol. The number of ether oxygens (including phenoxy) is 2. The van der Waals surface area contributed by atoms with Crippen LogP contribution in [-0.4, -0.2) is 74.1 Å². The average molecular weight is 584 g/mol. The molecule has 43 heavy (non-hydrogen) atoms. The number of aromatic nitrogens is 4. The van der Waals surface area contributed by atoms with Crippen LogP contribution in [-0.2, 0) is 16.1 Å². The predicted octanol–water partition coefficient (Wildman–Crippen LogP) is 3.22. The third-order valence-corrected chi connectivity index (χ3v) is 10.1. The number of fused-ring (bicyclic) bond motifs is 5. The predicted molar refractivity (Wildman–Crippen MR) is 160 cm³/mol. The van der Waals surface area contributed by atoms with Gasteiger partial charge in [-0.25, -0.2) is 9.97 Å². The summed E-state index contributed by atoms with van der Waals surface area (Å²) in [5.41, 5.74) is 12.0. The van der Waals surface area contributed by atoms with Gasteiger partial charge in [-0.3, -0.25) is 14.0 Å². The fourth-order valence-electron chi connectivity index (χ4n) is 7.69. The van der Waals surface area contributed by atoms with Crippen molar-refractivity contribution in [3.63, 3.8) is 0 Å². The van der Waals surface area contributed by atoms with Crippen molar-refractivity contribution in [3.8, 4) is 17.3 Å². The summed E-state index contributed by atoms with van der Waals surface area (Å²) < 4.78 is 15.8. The number of carbonyl (C=O) groups is 2. The third kappa shape index (κ3) is 4.23. The Balaban J connectivity index is 1.24. The zero-order valence-corrected chi connectivity index (χ0v) is 24.7. The molecule has 3 aliphatic heterocycles. The summed E-state index contributed by atoms with van der Waals surface area (Å²) in [6.07, 6.45) is 3.88. The molecule has 4 aromatic rings. The van der Waals surface area contributed by atoms with Gasteiger partial charge in [-0.05, 0) is 75.6 Å². The second-order valence-electron chi connectivity index (χ2n) is 12.8. The van der Waals surface area contributed by atoms with Crippen molar-refractivity contribution >= 4 is 28.5 Å². The quantitative estimate of drug-likeness (QED) is 0.379. The molecule has 2 amide bonds. The van der Waals surface area contributed by atoms with Gasteiger partial charge in [0.25, 0.3) is 5.91 Å². The highest BCUT2D eigenvalue weighted by atomic mass is 16.5. The van der Waals surface area contributed by atoms with Gasteiger partial charge in [0.2, 0.25) is 5.91 Å². The van der Waals surface area contributed by atoms with Gasteiger partial charge in [0.1, 0.15) is 23.6 Å². The Morgan fingerprint density at radius 2 is 2.00 bits per heavy atom. The Morgan fingerprint density at radius 1 is 1.14 bits per heavy atom. The van der Waals surface area contributed by atoms with E-state index >= 15 is 0 Å². The van der Waals surface area contributed by atoms with Crippen LogP contribution in [0.3, 0.4) is 0 Å². The van der Waals surface area contributed by atoms with E-state index in [0.717, 1.165) is 66.0 Å². The minimum Gasteiger partial charge on any atom is -0.482 e. The van der Waals surface area contributed by atoms with Gasteiger partial charge in [0, 0.05) is 41.7 Å². The Labute approximate surface area is 249 Å². The van der Waals surface area contributed by atoms with Crippen molar-refractivity contribution in [3.05, 3.63) is 47.3 Å². The van der Waals surface area contributed by atoms with Crippen LogP contribution in [0.15, 0.2) is 30.3 Å². The van der Waals surface area contributed by atoms with Gasteiger partial charge in [0.05, 0.1) is 36.8 Å². The Bertz CT molecular complexity index is 1790. The molecule has 224 valence electrons. The first kappa shape index (κ1) is 26.7. The van der Waals surface area contributed by atoms with Crippen molar-refractivity contribution < 1.29 is 19.1 Å². The number of pyridine rings is 2. The molecule has 4 aliphatic rings. The van der Waals surface area contributed by atoms with E-state index in [-0.39, 0.29) is 42.6 Å². The number of nitrogens with one attached hydrogen (secondary N) is 1. The Kier molecular flexibility index (Phi) is 6.06. The molecule has 8 rings (SSSR count). The van der Waals surface area contributed by atoms with Crippen LogP contribution in [0, 0.1) is 18.8 Å². The number of rotatable bonds is 3. The van der Waals surface area contributed by atoms with E-state index in [1.807, 2.05) is 41.3 Å². The number of amides is 2. The summed E-state index contributed by atoms with van der Waals surface area (Å²) in [7, 11) is 1.63. The zero-order chi connectivity index (χ0) is 29.6. The first-order valence-electron chi connectivity index (χ1n) is 15.3. The average Bonchev–Trinajstić information content (AvgIpc) is 3.27. The third-order valence-electron chi connectivity index (χ3n) is 10.1. The van der Waals surface area contributed by atoms with Crippen molar-refractivity contribution in [1.82, 2.24) is 29.2 Å². The van der Waals surface area contributed by atoms with Crippen LogP contribution in [0.25, 0.3) is 28.1 Å². The van der Waals surface area contributed by atoms with Crippen molar-refractivity contribution in [2.24, 2.45) is 17.6 Å². The van der Waals surface area contributed by atoms with Crippen molar-refractivity contribution in [2.75, 3.05) is 20.3 Å². The van der Waals surface area contributed by atoms with E-state index in [2.05, 4.69) is 22.0 Å². The van der Waals surface area contributed by atoms with Crippen LogP contribution in [0.1, 0.15) is 60.4 Å². The molecule has 2 saturated heterocycles. The Hall–Kier alpha value is -3.96. The number of methoxy groups -OCH3 is 1. The van der Waals surface area contributed by atoms with Crippen molar-refractivity contribution in [1.29, 1.82) is 0 Å². The van der Waals surface area contributed by atoms with Gasteiger partial charge in [-0.1, -0.05) is 0 Å². The molecule has 6 atom stereocenters. The van der Waals surface area contributed by atoms with E-state index in [4.69, 9.17) is 25.2 Å². The van der Waals surface area contributed by atoms with Gasteiger partial charge >= 0.3 is 0 Å². The van der Waals surface area contributed by atoms with Crippen LogP contribution in [0.4, 0.5) is 0 Å². The summed E-state index contributed by atoms with van der Waals surface area (Å²) in [6.45, 7) is 5.39. The molecule has 0 unspecified atom stereocenters. The fourth-order valence-corrected chi connectivity index (χ4v) is 7.69. The van der Waals surface area contributed by atoms with Crippen LogP contribution >= 0.6 is 0 Å². The topological polar surface area (TPSA) is 129 Å². The standard InChI is InChI=1S/C32H37N7O4/c1-16-24-6-4-18-9-26(37(31(18)35-24)13-20-8-21(20)14-43-15-28(40)34-16)30-17(2)38-27(36-30)10-19(11-29(38)42-3)32(41)39-22-5-7-25(39)23(33)12-22/h4,6,9-11,16,20-23,25H,5,7-8,12-15,33H2,1-3H3,(H,34,40)/t16-,20-,21-,22+,23-,25-/m1/s1. The summed E-state index contributed by atoms with van der Waals surface area (Å²) in [6, 6.07) is 9.98. The lowest BCUT2D eigenvalue weighted by molar-refractivity contribution is -0.126. The largest absolute Gasteiger partial charge is 0.482 e. The lowest BCUT2D eigenvalue weighted by Gasteiger charge is -2.23. The molecule has 3 fully saturated rings. The Morgan fingerprint density at radius 3 is 2.77 bits per heavy atom. The smallest absolute Gasteiger partial charge is 0.254 e. The van der Waals surface area contributed by atoms with Crippen LogP contribution in [0.2, 0.25) is 0 Å². The number of nitrogens with two attached hydrogens (primary N) is 1. The monoisotopic (exact) mass is 583 g/mol. The SMILES string of the molecule is COc1cc(C(=O)N2[C@H]3CC[C@@H]2[C@H](N)C3)cc2nc(-c3cc4ccc5nc4n3C[C@H]3C[C@@H]3COCC(=O)N[C@@H]5C)c(C)n12. The molecule has 0 aromatic carbocycles. The first-order valence-corrected chi connectivity index (χ1v) is 15.3. The maximum absolute atomic E-state index is 13.8. The van der Waals surface area contributed by atoms with E-state index < -0.39 is 0 Å². The maximum atomic E-state index is 13.8. The molecule has 0 radical (unpaired) electrons. The summed E-state index contributed by atoms with van der Waals surface area (Å²) in [4.78, 5) is 38.4. The molecule has 4 bridgehead atoms. The molecule has 1 aliphatic carbocycles. The molecule has 4 aromatic heterocycles. The summed E-state index contributed by atoms with van der Waals surface area (Å²) in [5.74, 6) is 1.27. The minimum atomic E-state index is -0.250. The normalized spacial score (nSPS) is 28.5. The fraction of sp³-hybridized carbons (Fsp3) is 0.500.